The van der Waals surface area contributed by atoms with Crippen LogP contribution in [0.1, 0.15) is 31.4 Å². The molecule has 0 radical (unpaired) electrons. The molecule has 0 saturated carbocycles. The van der Waals surface area contributed by atoms with E-state index in [4.69, 9.17) is 10.4 Å². The number of rotatable bonds is 5. The van der Waals surface area contributed by atoms with Crippen molar-refractivity contribution in [1.82, 2.24) is 0 Å². The molecule has 1 aromatic rings. The summed E-state index contributed by atoms with van der Waals surface area (Å²) < 4.78 is 37.7. The number of anilines is 1. The molecule has 4 nitrogen and oxygen atoms in total. The molecule has 0 saturated heterocycles. The predicted octanol–water partition coefficient (Wildman–Crippen LogP) is 3.49. The van der Waals surface area contributed by atoms with Crippen molar-refractivity contribution in [1.29, 1.82) is 5.26 Å². The van der Waals surface area contributed by atoms with Gasteiger partial charge in [0.15, 0.2) is 0 Å². The highest BCUT2D eigenvalue weighted by molar-refractivity contribution is 5.78. The Bertz CT molecular complexity index is 562. The summed E-state index contributed by atoms with van der Waals surface area (Å²) in [5, 5.41) is 20.7. The van der Waals surface area contributed by atoms with E-state index in [1.807, 2.05) is 13.8 Å². The molecule has 0 bridgehead atoms. The molecule has 1 atom stereocenters. The van der Waals surface area contributed by atoms with Crippen LogP contribution in [0.2, 0.25) is 0 Å². The lowest BCUT2D eigenvalue weighted by molar-refractivity contribution is -0.139. The van der Waals surface area contributed by atoms with E-state index in [0.717, 1.165) is 12.1 Å². The molecule has 0 aliphatic carbocycles. The fraction of sp³-hybridized carbons (Fsp3) is 0.429. The van der Waals surface area contributed by atoms with Gasteiger partial charge in [0.25, 0.3) is 0 Å². The first-order valence-corrected chi connectivity index (χ1v) is 6.25. The van der Waals surface area contributed by atoms with E-state index < -0.39 is 23.8 Å². The first-order chi connectivity index (χ1) is 9.65. The van der Waals surface area contributed by atoms with E-state index in [0.29, 0.717) is 12.5 Å². The molecule has 0 heterocycles. The van der Waals surface area contributed by atoms with Crippen LogP contribution in [0.5, 0.6) is 0 Å². The first-order valence-electron chi connectivity index (χ1n) is 6.25. The second-order valence-corrected chi connectivity index (χ2v) is 5.03. The Morgan fingerprint density at radius 1 is 1.43 bits per heavy atom. The van der Waals surface area contributed by atoms with Crippen LogP contribution >= 0.6 is 0 Å². The Labute approximate surface area is 120 Å². The van der Waals surface area contributed by atoms with Crippen molar-refractivity contribution in [2.75, 3.05) is 5.32 Å². The number of benzene rings is 1. The number of hydrogen-bond acceptors (Lipinski definition) is 3. The maximum Gasteiger partial charge on any atom is 0.416 e. The average Bonchev–Trinajstić information content (AvgIpc) is 2.36. The molecule has 2 N–H and O–H groups in total. The lowest BCUT2D eigenvalue weighted by atomic mass is 10.0. The minimum atomic E-state index is -4.55. The zero-order chi connectivity index (χ0) is 16.2. The zero-order valence-electron chi connectivity index (χ0n) is 11.5. The zero-order valence-corrected chi connectivity index (χ0v) is 11.5. The summed E-state index contributed by atoms with van der Waals surface area (Å²) in [4.78, 5) is 11.1. The van der Waals surface area contributed by atoms with Gasteiger partial charge < -0.3 is 10.4 Å². The van der Waals surface area contributed by atoms with Gasteiger partial charge in [0, 0.05) is 0 Å². The van der Waals surface area contributed by atoms with Gasteiger partial charge in [-0.15, -0.1) is 0 Å². The number of nitrogens with zero attached hydrogens (tertiary/aromatic N) is 1. The Balaban J connectivity index is 3.08. The SMILES string of the molecule is CC(C)CC(Nc1ccc(C(F)(F)F)cc1C#N)C(=O)O. The van der Waals surface area contributed by atoms with Gasteiger partial charge >= 0.3 is 12.1 Å². The number of carbonyl (C=O) groups is 1. The molecule has 0 aliphatic heterocycles. The van der Waals surface area contributed by atoms with Crippen molar-refractivity contribution in [3.8, 4) is 6.07 Å². The second-order valence-electron chi connectivity index (χ2n) is 5.03. The predicted molar refractivity (Wildman–Crippen MR) is 70.7 cm³/mol. The highest BCUT2D eigenvalue weighted by Crippen LogP contribution is 2.32. The molecule has 0 spiro atoms. The number of hydrogen-bond donors (Lipinski definition) is 2. The second kappa shape index (κ2) is 6.48. The fourth-order valence-electron chi connectivity index (χ4n) is 1.82. The standard InChI is InChI=1S/C14H15F3N2O2/c1-8(2)5-12(13(20)21)19-11-4-3-10(14(15,16)17)6-9(11)7-18/h3-4,6,8,12,19H,5H2,1-2H3,(H,20,21). The molecule has 7 heteroatoms. The van der Waals surface area contributed by atoms with E-state index in [9.17, 15) is 18.0 Å². The summed E-state index contributed by atoms with van der Waals surface area (Å²) in [6, 6.07) is 3.29. The van der Waals surface area contributed by atoms with Crippen LogP contribution in [0.15, 0.2) is 18.2 Å². The molecule has 0 aromatic heterocycles. The number of alkyl halides is 3. The molecule has 0 fully saturated rings. The number of nitriles is 1. The Hall–Kier alpha value is -2.23. The molecule has 21 heavy (non-hydrogen) atoms. The van der Waals surface area contributed by atoms with Crippen LogP contribution in [0, 0.1) is 17.2 Å². The summed E-state index contributed by atoms with van der Waals surface area (Å²) in [5.74, 6) is -1.04. The highest BCUT2D eigenvalue weighted by atomic mass is 19.4. The largest absolute Gasteiger partial charge is 0.480 e. The summed E-state index contributed by atoms with van der Waals surface area (Å²) in [6.45, 7) is 3.66. The van der Waals surface area contributed by atoms with Gasteiger partial charge in [-0.2, -0.15) is 18.4 Å². The molecular formula is C14H15F3N2O2. The van der Waals surface area contributed by atoms with E-state index >= 15 is 0 Å². The molecule has 1 unspecified atom stereocenters. The Kier molecular flexibility index (Phi) is 5.19. The molecule has 1 aromatic carbocycles. The molecule has 1 rings (SSSR count). The molecule has 114 valence electrons. The monoisotopic (exact) mass is 300 g/mol. The lowest BCUT2D eigenvalue weighted by Gasteiger charge is -2.19. The van der Waals surface area contributed by atoms with E-state index in [2.05, 4.69) is 5.32 Å². The summed E-state index contributed by atoms with van der Waals surface area (Å²) in [7, 11) is 0. The van der Waals surface area contributed by atoms with Crippen molar-refractivity contribution < 1.29 is 23.1 Å². The maximum atomic E-state index is 12.6. The topological polar surface area (TPSA) is 73.1 Å². The van der Waals surface area contributed by atoms with Crippen molar-refractivity contribution in [2.24, 2.45) is 5.92 Å². The summed E-state index contributed by atoms with van der Waals surface area (Å²) in [6.07, 6.45) is -4.25. The molecular weight excluding hydrogens is 285 g/mol. The summed E-state index contributed by atoms with van der Waals surface area (Å²) >= 11 is 0. The first kappa shape index (κ1) is 16.8. The maximum absolute atomic E-state index is 12.6. The third-order valence-corrected chi connectivity index (χ3v) is 2.80. The average molecular weight is 300 g/mol. The highest BCUT2D eigenvalue weighted by Gasteiger charge is 2.31. The van der Waals surface area contributed by atoms with Crippen molar-refractivity contribution >= 4 is 11.7 Å². The third kappa shape index (κ3) is 4.67. The van der Waals surface area contributed by atoms with Crippen LogP contribution < -0.4 is 5.32 Å². The van der Waals surface area contributed by atoms with Gasteiger partial charge in [-0.3, -0.25) is 0 Å². The number of aliphatic carboxylic acids is 1. The fourth-order valence-corrected chi connectivity index (χ4v) is 1.82. The van der Waals surface area contributed by atoms with Crippen LogP contribution in [0.25, 0.3) is 0 Å². The minimum absolute atomic E-state index is 0.0820. The van der Waals surface area contributed by atoms with Crippen LogP contribution in [-0.2, 0) is 11.0 Å². The van der Waals surface area contributed by atoms with Gasteiger partial charge in [-0.25, -0.2) is 4.79 Å². The van der Waals surface area contributed by atoms with Crippen molar-refractivity contribution in [2.45, 2.75) is 32.5 Å². The van der Waals surface area contributed by atoms with Crippen LogP contribution in [0.4, 0.5) is 18.9 Å². The number of halogens is 3. The van der Waals surface area contributed by atoms with Gasteiger partial charge in [-0.1, -0.05) is 13.8 Å². The smallest absolute Gasteiger partial charge is 0.416 e. The normalized spacial score (nSPS) is 12.8. The van der Waals surface area contributed by atoms with Gasteiger partial charge in [0.05, 0.1) is 16.8 Å². The van der Waals surface area contributed by atoms with Gasteiger partial charge in [0.2, 0.25) is 0 Å². The quantitative estimate of drug-likeness (QED) is 0.873. The third-order valence-electron chi connectivity index (χ3n) is 2.80. The van der Waals surface area contributed by atoms with E-state index in [1.54, 1.807) is 6.07 Å². The Morgan fingerprint density at radius 2 is 2.05 bits per heavy atom. The van der Waals surface area contributed by atoms with Crippen LogP contribution in [-0.4, -0.2) is 17.1 Å². The van der Waals surface area contributed by atoms with Crippen LogP contribution in [0.3, 0.4) is 0 Å². The number of carboxylic acid groups (broad SMARTS) is 1. The number of nitrogens with one attached hydrogen (secondary N) is 1. The van der Waals surface area contributed by atoms with E-state index in [1.165, 1.54) is 0 Å². The van der Waals surface area contributed by atoms with Crippen molar-refractivity contribution in [3.63, 3.8) is 0 Å². The Morgan fingerprint density at radius 3 is 2.48 bits per heavy atom. The lowest BCUT2D eigenvalue weighted by Crippen LogP contribution is -2.31. The summed E-state index contributed by atoms with van der Waals surface area (Å²) in [5.41, 5.74) is -1.10. The van der Waals surface area contributed by atoms with Gasteiger partial charge in [-0.05, 0) is 30.5 Å². The number of carboxylic acids is 1. The van der Waals surface area contributed by atoms with E-state index in [-0.39, 0.29) is 17.2 Å². The van der Waals surface area contributed by atoms with Gasteiger partial charge in [0.1, 0.15) is 12.1 Å². The minimum Gasteiger partial charge on any atom is -0.480 e. The molecule has 0 aliphatic rings. The molecule has 0 amide bonds. The van der Waals surface area contributed by atoms with Crippen molar-refractivity contribution in [3.05, 3.63) is 29.3 Å².